The van der Waals surface area contributed by atoms with Crippen LogP contribution in [-0.4, -0.2) is 26.8 Å². The molecule has 0 fully saturated rings. The lowest BCUT2D eigenvalue weighted by Crippen LogP contribution is -2.29. The zero-order valence-electron chi connectivity index (χ0n) is 13.7. The van der Waals surface area contributed by atoms with Gasteiger partial charge < -0.3 is 0 Å². The monoisotopic (exact) mass is 350 g/mol. The number of imide groups is 1. The highest BCUT2D eigenvalue weighted by Crippen LogP contribution is 2.21. The number of nitrogens with one attached hydrogen (secondary N) is 1. The molecule has 0 unspecified atom stereocenters. The van der Waals surface area contributed by atoms with Gasteiger partial charge in [0.25, 0.3) is 11.8 Å². The van der Waals surface area contributed by atoms with Gasteiger partial charge in [0.1, 0.15) is 0 Å². The minimum absolute atomic E-state index is 0.117. The summed E-state index contributed by atoms with van der Waals surface area (Å²) in [6.07, 6.45) is 7.60. The van der Waals surface area contributed by atoms with Crippen LogP contribution in [0.5, 0.6) is 0 Å². The van der Waals surface area contributed by atoms with E-state index < -0.39 is 21.8 Å². The molecule has 1 N–H and O–H groups in total. The summed E-state index contributed by atoms with van der Waals surface area (Å²) >= 11 is 0. The summed E-state index contributed by atoms with van der Waals surface area (Å²) < 4.78 is 27.0. The molecule has 1 aromatic carbocycles. The second-order valence-electron chi connectivity index (χ2n) is 5.65. The summed E-state index contributed by atoms with van der Waals surface area (Å²) in [5.41, 5.74) is 0.355. The lowest BCUT2D eigenvalue weighted by Gasteiger charge is -2.14. The van der Waals surface area contributed by atoms with Crippen LogP contribution in [0.3, 0.4) is 0 Å². The molecule has 24 heavy (non-hydrogen) atoms. The van der Waals surface area contributed by atoms with Gasteiger partial charge in [0.2, 0.25) is 10.0 Å². The highest BCUT2D eigenvalue weighted by atomic mass is 32.2. The molecule has 1 aliphatic heterocycles. The maximum absolute atomic E-state index is 12.2. The van der Waals surface area contributed by atoms with Crippen LogP contribution in [-0.2, 0) is 19.6 Å². The van der Waals surface area contributed by atoms with Gasteiger partial charge in [-0.15, -0.1) is 0 Å². The fraction of sp³-hybridized carbons (Fsp3) is 0.412. The molecule has 0 spiro atoms. The normalized spacial score (nSPS) is 14.6. The molecule has 0 radical (unpaired) electrons. The number of hydrogen-bond acceptors (Lipinski definition) is 4. The van der Waals surface area contributed by atoms with Crippen molar-refractivity contribution in [1.29, 1.82) is 0 Å². The molecule has 0 saturated heterocycles. The number of sulfonamides is 1. The number of amides is 2. The third kappa shape index (κ3) is 4.52. The smallest absolute Gasteiger partial charge is 0.258 e. The summed E-state index contributed by atoms with van der Waals surface area (Å²) in [6.45, 7) is 2.53. The van der Waals surface area contributed by atoms with Crippen LogP contribution in [0, 0.1) is 0 Å². The summed E-state index contributed by atoms with van der Waals surface area (Å²) in [4.78, 5) is 24.3. The molecule has 0 saturated carbocycles. The lowest BCUT2D eigenvalue weighted by molar-refractivity contribution is -0.119. The number of rotatable bonds is 9. The Labute approximate surface area is 142 Å². The van der Waals surface area contributed by atoms with Crippen molar-refractivity contribution in [3.05, 3.63) is 36.4 Å². The van der Waals surface area contributed by atoms with Gasteiger partial charge in [-0.3, -0.25) is 9.59 Å². The third-order valence-electron chi connectivity index (χ3n) is 3.79. The Morgan fingerprint density at radius 3 is 2.08 bits per heavy atom. The van der Waals surface area contributed by atoms with Gasteiger partial charge in [-0.05, 0) is 30.7 Å². The van der Waals surface area contributed by atoms with Crippen LogP contribution in [0.15, 0.2) is 41.3 Å². The van der Waals surface area contributed by atoms with Crippen LogP contribution in [0.1, 0.15) is 39.0 Å². The molecule has 6 nitrogen and oxygen atoms in total. The van der Waals surface area contributed by atoms with E-state index in [-0.39, 0.29) is 4.90 Å². The minimum atomic E-state index is -3.57. The fourth-order valence-electron chi connectivity index (χ4n) is 2.45. The second-order valence-corrected chi connectivity index (χ2v) is 7.42. The molecule has 1 aromatic rings. The summed E-state index contributed by atoms with van der Waals surface area (Å²) in [5, 5.41) is 0. The number of benzene rings is 1. The topological polar surface area (TPSA) is 83.6 Å². The minimum Gasteiger partial charge on any atom is -0.269 e. The van der Waals surface area contributed by atoms with Gasteiger partial charge in [-0.1, -0.05) is 32.6 Å². The standard InChI is InChI=1S/C17H22N2O4S/c1-2-3-4-5-6-13-18-24(22,23)15-9-7-14(8-10-15)19-16(20)11-12-17(19)21/h7-12,18H,2-6,13H2,1H3. The van der Waals surface area contributed by atoms with Gasteiger partial charge in [-0.2, -0.15) is 0 Å². The van der Waals surface area contributed by atoms with Crippen molar-refractivity contribution in [2.75, 3.05) is 11.4 Å². The average molecular weight is 350 g/mol. The summed E-state index contributed by atoms with van der Waals surface area (Å²) in [6, 6.07) is 5.71. The van der Waals surface area contributed by atoms with E-state index in [1.165, 1.54) is 36.4 Å². The zero-order chi connectivity index (χ0) is 17.6. The van der Waals surface area contributed by atoms with Crippen LogP contribution >= 0.6 is 0 Å². The van der Waals surface area contributed by atoms with Gasteiger partial charge in [-0.25, -0.2) is 18.0 Å². The third-order valence-corrected chi connectivity index (χ3v) is 5.26. The molecule has 2 amide bonds. The van der Waals surface area contributed by atoms with Gasteiger partial charge >= 0.3 is 0 Å². The summed E-state index contributed by atoms with van der Waals surface area (Å²) in [7, 11) is -3.57. The highest BCUT2D eigenvalue weighted by Gasteiger charge is 2.25. The SMILES string of the molecule is CCCCCCCNS(=O)(=O)c1ccc(N2C(=O)C=CC2=O)cc1. The number of carbonyl (C=O) groups excluding carboxylic acids is 2. The maximum Gasteiger partial charge on any atom is 0.258 e. The highest BCUT2D eigenvalue weighted by molar-refractivity contribution is 7.89. The van der Waals surface area contributed by atoms with Crippen LogP contribution < -0.4 is 9.62 Å². The number of nitrogens with zero attached hydrogens (tertiary/aromatic N) is 1. The lowest BCUT2D eigenvalue weighted by atomic mass is 10.2. The maximum atomic E-state index is 12.2. The predicted octanol–water partition coefficient (Wildman–Crippen LogP) is 2.36. The molecular weight excluding hydrogens is 328 g/mol. The number of hydrogen-bond donors (Lipinski definition) is 1. The van der Waals surface area contributed by atoms with Crippen molar-refractivity contribution in [3.63, 3.8) is 0 Å². The Balaban J connectivity index is 1.94. The summed E-state index contributed by atoms with van der Waals surface area (Å²) in [5.74, 6) is -0.860. The van der Waals surface area contributed by atoms with Crippen molar-refractivity contribution < 1.29 is 18.0 Å². The molecule has 1 heterocycles. The quantitative estimate of drug-likeness (QED) is 0.547. The van der Waals surface area contributed by atoms with Crippen molar-refractivity contribution in [2.45, 2.75) is 43.9 Å². The first-order chi connectivity index (χ1) is 11.5. The molecule has 1 aliphatic rings. The van der Waals surface area contributed by atoms with E-state index >= 15 is 0 Å². The van der Waals surface area contributed by atoms with E-state index in [1.54, 1.807) is 0 Å². The fourth-order valence-corrected chi connectivity index (χ4v) is 3.52. The molecule has 0 bridgehead atoms. The first kappa shape index (κ1) is 18.4. The van der Waals surface area contributed by atoms with Crippen molar-refractivity contribution in [1.82, 2.24) is 4.72 Å². The predicted molar refractivity (Wildman–Crippen MR) is 92.0 cm³/mol. The van der Waals surface area contributed by atoms with Gasteiger partial charge in [0.05, 0.1) is 10.6 Å². The van der Waals surface area contributed by atoms with Crippen LogP contribution in [0.2, 0.25) is 0 Å². The van der Waals surface area contributed by atoms with E-state index in [4.69, 9.17) is 0 Å². The first-order valence-corrected chi connectivity index (χ1v) is 9.60. The average Bonchev–Trinajstić information content (AvgIpc) is 2.90. The van der Waals surface area contributed by atoms with Crippen LogP contribution in [0.25, 0.3) is 0 Å². The molecule has 0 aliphatic carbocycles. The van der Waals surface area contributed by atoms with E-state index in [1.807, 2.05) is 0 Å². The Hall–Kier alpha value is -1.99. The van der Waals surface area contributed by atoms with Gasteiger partial charge in [0.15, 0.2) is 0 Å². The van der Waals surface area contributed by atoms with E-state index in [2.05, 4.69) is 11.6 Å². The molecular formula is C17H22N2O4S. The van der Waals surface area contributed by atoms with Gasteiger partial charge in [0, 0.05) is 18.7 Å². The van der Waals surface area contributed by atoms with Crippen molar-refractivity contribution in [2.24, 2.45) is 0 Å². The molecule has 7 heteroatoms. The molecule has 0 atom stereocenters. The Morgan fingerprint density at radius 2 is 1.50 bits per heavy atom. The molecule has 0 aromatic heterocycles. The van der Waals surface area contributed by atoms with Crippen molar-refractivity contribution in [3.8, 4) is 0 Å². The number of unbranched alkanes of at least 4 members (excludes halogenated alkanes) is 4. The Bertz CT molecular complexity index is 705. The first-order valence-electron chi connectivity index (χ1n) is 8.11. The van der Waals surface area contributed by atoms with Crippen LogP contribution in [0.4, 0.5) is 5.69 Å². The number of carbonyl (C=O) groups is 2. The van der Waals surface area contributed by atoms with Crippen molar-refractivity contribution >= 4 is 27.5 Å². The van der Waals surface area contributed by atoms with E-state index in [0.717, 1.165) is 37.0 Å². The largest absolute Gasteiger partial charge is 0.269 e. The van der Waals surface area contributed by atoms with E-state index in [9.17, 15) is 18.0 Å². The Morgan fingerprint density at radius 1 is 0.917 bits per heavy atom. The Kier molecular flexibility index (Phi) is 6.28. The molecule has 130 valence electrons. The zero-order valence-corrected chi connectivity index (χ0v) is 14.5. The number of anilines is 1. The second kappa shape index (κ2) is 8.21. The molecule has 2 rings (SSSR count). The van der Waals surface area contributed by atoms with E-state index in [0.29, 0.717) is 12.2 Å².